The Labute approximate surface area is 297 Å². The van der Waals surface area contributed by atoms with E-state index in [1.165, 1.54) is 122 Å². The summed E-state index contributed by atoms with van der Waals surface area (Å²) in [5.41, 5.74) is 0. The van der Waals surface area contributed by atoms with Gasteiger partial charge in [-0.25, -0.2) is 0 Å². The molecule has 0 aromatic rings. The maximum Gasteiger partial charge on any atom is 0.268 e. The van der Waals surface area contributed by atoms with Gasteiger partial charge in [0.05, 0.1) is 39.9 Å². The zero-order valence-corrected chi connectivity index (χ0v) is 33.1. The minimum atomic E-state index is -4.57. The molecule has 0 spiro atoms. The van der Waals surface area contributed by atoms with E-state index in [4.69, 9.17) is 9.05 Å². The second kappa shape index (κ2) is 32.2. The monoisotopic (exact) mass is 704 g/mol. The Morgan fingerprint density at radius 3 is 1.56 bits per heavy atom. The number of hydrogen-bond donors (Lipinski definition) is 2. The summed E-state index contributed by atoms with van der Waals surface area (Å²) < 4.78 is 23.1. The predicted octanol–water partition coefficient (Wildman–Crippen LogP) is 9.78. The van der Waals surface area contributed by atoms with E-state index in [9.17, 15) is 19.4 Å². The van der Waals surface area contributed by atoms with Crippen LogP contribution in [0.3, 0.4) is 0 Å². The Kier molecular flexibility index (Phi) is 31.7. The van der Waals surface area contributed by atoms with E-state index >= 15 is 0 Å². The summed E-state index contributed by atoms with van der Waals surface area (Å²) in [6, 6.07) is -0.877. The van der Waals surface area contributed by atoms with Crippen LogP contribution in [0.2, 0.25) is 0 Å². The number of rotatable bonds is 36. The van der Waals surface area contributed by atoms with Crippen molar-refractivity contribution in [3.8, 4) is 0 Å². The standard InChI is InChI=1S/C39H79N2O6P/c1-6-8-10-12-14-16-18-20-22-24-26-28-30-32-38(42)37(36-47-48(44,45)46-35-34-41(3,4)5)40-39(43)33-31-29-27-25-23-21-19-17-15-13-11-9-7-2/h30,32,37-38,42H,6-29,31,33-36H2,1-5H3,(H-,40,43,44,45)/b32-30+/t37-,38+/m0/s1/i13+1. The van der Waals surface area contributed by atoms with E-state index in [2.05, 4.69) is 19.2 Å². The van der Waals surface area contributed by atoms with Crippen molar-refractivity contribution in [1.29, 1.82) is 0 Å². The number of carbonyl (C=O) groups excluding carboxylic acids is 1. The number of aliphatic hydroxyl groups excluding tert-OH is 1. The van der Waals surface area contributed by atoms with E-state index in [1.54, 1.807) is 6.08 Å². The minimum Gasteiger partial charge on any atom is -0.756 e. The first kappa shape index (κ1) is 47.2. The third kappa shape index (κ3) is 33.7. The molecule has 48 heavy (non-hydrogen) atoms. The summed E-state index contributed by atoms with van der Waals surface area (Å²) >= 11 is 0. The fourth-order valence-corrected chi connectivity index (χ4v) is 6.46. The van der Waals surface area contributed by atoms with Crippen LogP contribution in [0, 0.1) is 0 Å². The van der Waals surface area contributed by atoms with Gasteiger partial charge in [0, 0.05) is 6.42 Å². The van der Waals surface area contributed by atoms with Crippen molar-refractivity contribution >= 4 is 13.7 Å². The van der Waals surface area contributed by atoms with Gasteiger partial charge in [-0.2, -0.15) is 0 Å². The molecular formula is C39H79N2O6P. The van der Waals surface area contributed by atoms with Gasteiger partial charge in [-0.15, -0.1) is 0 Å². The summed E-state index contributed by atoms with van der Waals surface area (Å²) in [4.78, 5) is 25.2. The highest BCUT2D eigenvalue weighted by Crippen LogP contribution is 2.38. The Balaban J connectivity index is 4.50. The van der Waals surface area contributed by atoms with Gasteiger partial charge in [-0.05, 0) is 19.3 Å². The predicted molar refractivity (Wildman–Crippen MR) is 201 cm³/mol. The highest BCUT2D eigenvalue weighted by atomic mass is 31.2. The zero-order chi connectivity index (χ0) is 35.8. The molecular weight excluding hydrogens is 624 g/mol. The lowest BCUT2D eigenvalue weighted by Gasteiger charge is -2.29. The molecule has 0 heterocycles. The molecule has 286 valence electrons. The molecule has 0 bridgehead atoms. The number of amides is 1. The van der Waals surface area contributed by atoms with Crippen LogP contribution < -0.4 is 10.2 Å². The van der Waals surface area contributed by atoms with Gasteiger partial charge in [-0.1, -0.05) is 167 Å². The fraction of sp³-hybridized carbons (Fsp3) is 0.923. The first-order valence-electron chi connectivity index (χ1n) is 20.1. The molecule has 0 aliphatic rings. The Hall–Kier alpha value is -0.760. The quantitative estimate of drug-likeness (QED) is 0.0221. The van der Waals surface area contributed by atoms with E-state index in [1.807, 2.05) is 27.2 Å². The SMILES string of the molecule is CCCCCCCCCCCCC/C=C/[C@@H](O)[C@H](COP(=O)([O-])OCC[N+](C)(C)C)NC(=O)CCCCCCCCCC[13CH2]CCCC. The van der Waals surface area contributed by atoms with Crippen LogP contribution in [0.1, 0.15) is 181 Å². The lowest BCUT2D eigenvalue weighted by atomic mass is 10.0. The van der Waals surface area contributed by atoms with E-state index in [-0.39, 0.29) is 19.1 Å². The van der Waals surface area contributed by atoms with Crippen LogP contribution in [-0.4, -0.2) is 68.5 Å². The molecule has 0 rings (SSSR count). The summed E-state index contributed by atoms with van der Waals surface area (Å²) in [5, 5.41) is 13.7. The van der Waals surface area contributed by atoms with Crippen molar-refractivity contribution in [2.24, 2.45) is 0 Å². The average Bonchev–Trinajstić information content (AvgIpc) is 3.02. The normalized spacial score (nSPS) is 14.7. The van der Waals surface area contributed by atoms with Gasteiger partial charge in [0.15, 0.2) is 0 Å². The number of carbonyl (C=O) groups is 1. The summed E-state index contributed by atoms with van der Waals surface area (Å²) in [6.07, 6.45) is 33.8. The van der Waals surface area contributed by atoms with Gasteiger partial charge in [-0.3, -0.25) is 9.36 Å². The highest BCUT2D eigenvalue weighted by Gasteiger charge is 2.23. The number of quaternary nitrogens is 1. The van der Waals surface area contributed by atoms with Crippen molar-refractivity contribution in [3.05, 3.63) is 12.2 Å². The molecule has 0 saturated heterocycles. The molecule has 3 atom stereocenters. The smallest absolute Gasteiger partial charge is 0.268 e. The molecule has 0 saturated carbocycles. The summed E-state index contributed by atoms with van der Waals surface area (Å²) in [7, 11) is 1.27. The summed E-state index contributed by atoms with van der Waals surface area (Å²) in [6.45, 7) is 4.63. The van der Waals surface area contributed by atoms with Crippen molar-refractivity contribution < 1.29 is 32.9 Å². The van der Waals surface area contributed by atoms with E-state index in [0.717, 1.165) is 38.5 Å². The molecule has 9 heteroatoms. The number of unbranched alkanes of at least 4 members (excludes halogenated alkanes) is 23. The van der Waals surface area contributed by atoms with Gasteiger partial charge in [0.1, 0.15) is 13.2 Å². The van der Waals surface area contributed by atoms with Crippen LogP contribution in [0.4, 0.5) is 0 Å². The average molecular weight is 704 g/mol. The molecule has 0 aliphatic carbocycles. The number of nitrogens with zero attached hydrogens (tertiary/aromatic N) is 1. The number of likely N-dealkylation sites (N-methyl/N-ethyl adjacent to an activating group) is 1. The minimum absolute atomic E-state index is 0.00175. The Bertz CT molecular complexity index is 804. The van der Waals surface area contributed by atoms with Crippen molar-refractivity contribution in [2.45, 2.75) is 193 Å². The van der Waals surface area contributed by atoms with Crippen LogP contribution in [-0.2, 0) is 18.4 Å². The van der Waals surface area contributed by atoms with Crippen molar-refractivity contribution in [3.63, 3.8) is 0 Å². The van der Waals surface area contributed by atoms with Crippen molar-refractivity contribution in [1.82, 2.24) is 5.32 Å². The fourth-order valence-electron chi connectivity index (χ4n) is 5.74. The second-order valence-corrected chi connectivity index (χ2v) is 16.4. The molecule has 1 unspecified atom stereocenters. The maximum atomic E-state index is 12.8. The number of nitrogens with one attached hydrogen (secondary N) is 1. The molecule has 0 aromatic carbocycles. The third-order valence-corrected chi connectivity index (χ3v) is 9.96. The van der Waals surface area contributed by atoms with E-state index < -0.39 is 20.0 Å². The number of aliphatic hydroxyl groups is 1. The molecule has 0 fully saturated rings. The zero-order valence-electron chi connectivity index (χ0n) is 32.2. The lowest BCUT2D eigenvalue weighted by Crippen LogP contribution is -2.45. The first-order valence-corrected chi connectivity index (χ1v) is 21.5. The van der Waals surface area contributed by atoms with E-state index in [0.29, 0.717) is 17.4 Å². The third-order valence-electron chi connectivity index (χ3n) is 9.00. The first-order chi connectivity index (χ1) is 23.0. The molecule has 2 N–H and O–H groups in total. The van der Waals surface area contributed by atoms with Gasteiger partial charge in [0.2, 0.25) is 5.91 Å². The Morgan fingerprint density at radius 1 is 0.708 bits per heavy atom. The molecule has 0 aliphatic heterocycles. The number of phosphoric ester groups is 1. The van der Waals surface area contributed by atoms with Crippen LogP contribution in [0.15, 0.2) is 12.2 Å². The number of hydrogen-bond acceptors (Lipinski definition) is 6. The Morgan fingerprint density at radius 2 is 1.12 bits per heavy atom. The number of phosphoric acid groups is 1. The van der Waals surface area contributed by atoms with Crippen molar-refractivity contribution in [2.75, 3.05) is 40.9 Å². The van der Waals surface area contributed by atoms with Gasteiger partial charge >= 0.3 is 0 Å². The largest absolute Gasteiger partial charge is 0.756 e. The van der Waals surface area contributed by atoms with Crippen LogP contribution >= 0.6 is 7.82 Å². The van der Waals surface area contributed by atoms with Gasteiger partial charge in [0.25, 0.3) is 7.82 Å². The van der Waals surface area contributed by atoms with Crippen LogP contribution in [0.25, 0.3) is 0 Å². The topological polar surface area (TPSA) is 108 Å². The maximum absolute atomic E-state index is 12.8. The molecule has 0 radical (unpaired) electrons. The van der Waals surface area contributed by atoms with Crippen LogP contribution in [0.5, 0.6) is 0 Å². The second-order valence-electron chi connectivity index (χ2n) is 15.0. The van der Waals surface area contributed by atoms with Gasteiger partial charge < -0.3 is 28.8 Å². The number of allylic oxidation sites excluding steroid dienone is 1. The molecule has 0 aromatic heterocycles. The lowest BCUT2D eigenvalue weighted by molar-refractivity contribution is -0.870. The molecule has 1 amide bonds. The highest BCUT2D eigenvalue weighted by molar-refractivity contribution is 7.45. The summed E-state index contributed by atoms with van der Waals surface area (Å²) in [5.74, 6) is -0.198. The molecule has 8 nitrogen and oxygen atoms in total.